The monoisotopic (exact) mass is 269 g/mol. The Bertz CT molecular complexity index is 537. The van der Waals surface area contributed by atoms with Crippen LogP contribution in [0.4, 0.5) is 0 Å². The molecule has 2 aromatic rings. The van der Waals surface area contributed by atoms with Crippen LogP contribution in [-0.4, -0.2) is 42.4 Å². The summed E-state index contributed by atoms with van der Waals surface area (Å²) >= 11 is 1.15. The van der Waals surface area contributed by atoms with Crippen LogP contribution in [0.25, 0.3) is 10.8 Å². The van der Waals surface area contributed by atoms with Gasteiger partial charge in [-0.15, -0.1) is 11.3 Å². The first-order valence-corrected chi connectivity index (χ1v) is 5.77. The van der Waals surface area contributed by atoms with Gasteiger partial charge < -0.3 is 9.26 Å². The molecular formula is C10H11N3O4S. The second-order valence-electron chi connectivity index (χ2n) is 3.22. The fraction of sp³-hybridized carbons (Fsp3) is 0.300. The fourth-order valence-electron chi connectivity index (χ4n) is 1.24. The van der Waals surface area contributed by atoms with Crippen LogP contribution in [0.5, 0.6) is 5.88 Å². The molecule has 7 nitrogen and oxygen atoms in total. The van der Waals surface area contributed by atoms with E-state index >= 15 is 0 Å². The number of methoxy groups -OCH3 is 1. The molecule has 0 unspecified atom stereocenters. The Balaban J connectivity index is 2.39. The van der Waals surface area contributed by atoms with E-state index in [1.54, 1.807) is 6.07 Å². The second-order valence-corrected chi connectivity index (χ2v) is 4.22. The first-order chi connectivity index (χ1) is 8.67. The maximum absolute atomic E-state index is 12.0. The molecule has 0 aliphatic rings. The molecule has 96 valence electrons. The van der Waals surface area contributed by atoms with Gasteiger partial charge in [-0.05, 0) is 0 Å². The van der Waals surface area contributed by atoms with Gasteiger partial charge in [-0.1, -0.05) is 5.16 Å². The van der Waals surface area contributed by atoms with Crippen LogP contribution in [-0.2, 0) is 4.84 Å². The molecule has 18 heavy (non-hydrogen) atoms. The lowest BCUT2D eigenvalue weighted by Gasteiger charge is -2.12. The van der Waals surface area contributed by atoms with E-state index in [0.29, 0.717) is 15.6 Å². The van der Waals surface area contributed by atoms with E-state index in [-0.39, 0.29) is 11.8 Å². The number of carbonyl (C=O) groups excluding carboxylic acids is 1. The van der Waals surface area contributed by atoms with Crippen molar-refractivity contribution in [3.63, 3.8) is 0 Å². The Morgan fingerprint density at radius 3 is 2.83 bits per heavy atom. The predicted molar refractivity (Wildman–Crippen MR) is 63.3 cm³/mol. The van der Waals surface area contributed by atoms with Crippen molar-refractivity contribution in [3.8, 4) is 16.6 Å². The molecule has 0 aliphatic heterocycles. The average Bonchev–Trinajstić information content (AvgIpc) is 3.04. The number of carbonyl (C=O) groups is 1. The molecule has 0 spiro atoms. The largest absolute Gasteiger partial charge is 0.480 e. The minimum Gasteiger partial charge on any atom is -0.480 e. The molecule has 2 aromatic heterocycles. The van der Waals surface area contributed by atoms with Gasteiger partial charge in [0, 0.05) is 13.1 Å². The lowest BCUT2D eigenvalue weighted by atomic mass is 10.4. The van der Waals surface area contributed by atoms with Gasteiger partial charge >= 0.3 is 0 Å². The van der Waals surface area contributed by atoms with Crippen molar-refractivity contribution in [1.82, 2.24) is 15.2 Å². The van der Waals surface area contributed by atoms with E-state index in [1.807, 2.05) is 0 Å². The SMILES string of the molecule is COc1nc(-c2ccno2)sc1C(=O)N(C)OC. The molecule has 0 aromatic carbocycles. The molecule has 0 fully saturated rings. The molecule has 0 radical (unpaired) electrons. The van der Waals surface area contributed by atoms with Crippen LogP contribution in [0, 0.1) is 0 Å². The summed E-state index contributed by atoms with van der Waals surface area (Å²) in [4.78, 5) is 21.3. The van der Waals surface area contributed by atoms with Gasteiger partial charge in [0.05, 0.1) is 20.4 Å². The third kappa shape index (κ3) is 2.20. The number of hydroxylamine groups is 2. The van der Waals surface area contributed by atoms with Gasteiger partial charge in [0.1, 0.15) is 0 Å². The average molecular weight is 269 g/mol. The molecule has 8 heteroatoms. The van der Waals surface area contributed by atoms with Crippen molar-refractivity contribution in [2.24, 2.45) is 0 Å². The van der Waals surface area contributed by atoms with Crippen molar-refractivity contribution >= 4 is 17.2 Å². The molecule has 2 rings (SSSR count). The van der Waals surface area contributed by atoms with Crippen LogP contribution in [0.3, 0.4) is 0 Å². The predicted octanol–water partition coefficient (Wildman–Crippen LogP) is 1.44. The van der Waals surface area contributed by atoms with Crippen molar-refractivity contribution < 1.29 is 18.9 Å². The summed E-state index contributed by atoms with van der Waals surface area (Å²) in [5, 5.41) is 5.21. The van der Waals surface area contributed by atoms with Crippen molar-refractivity contribution in [3.05, 3.63) is 17.1 Å². The highest BCUT2D eigenvalue weighted by molar-refractivity contribution is 7.17. The normalized spacial score (nSPS) is 10.4. The molecule has 0 saturated heterocycles. The van der Waals surface area contributed by atoms with Crippen LogP contribution < -0.4 is 4.74 Å². The van der Waals surface area contributed by atoms with Crippen LogP contribution in [0.15, 0.2) is 16.8 Å². The van der Waals surface area contributed by atoms with Crippen LogP contribution in [0.1, 0.15) is 9.67 Å². The lowest BCUT2D eigenvalue weighted by molar-refractivity contribution is -0.0755. The summed E-state index contributed by atoms with van der Waals surface area (Å²) in [6.45, 7) is 0. The molecular weight excluding hydrogens is 258 g/mol. The van der Waals surface area contributed by atoms with E-state index in [1.165, 1.54) is 27.5 Å². The molecule has 0 atom stereocenters. The number of amides is 1. The number of rotatable bonds is 4. The first-order valence-electron chi connectivity index (χ1n) is 4.95. The summed E-state index contributed by atoms with van der Waals surface area (Å²) in [6, 6.07) is 1.66. The smallest absolute Gasteiger partial charge is 0.292 e. The Morgan fingerprint density at radius 1 is 1.50 bits per heavy atom. The second kappa shape index (κ2) is 5.15. The standard InChI is InChI=1S/C10H11N3O4S/c1-13(16-3)10(14)7-8(15-2)12-9(18-7)6-4-5-11-17-6/h4-5H,1-3H3. The third-order valence-corrected chi connectivity index (χ3v) is 3.23. The number of ether oxygens (including phenoxy) is 1. The minimum atomic E-state index is -0.336. The zero-order valence-electron chi connectivity index (χ0n) is 10.0. The Morgan fingerprint density at radius 2 is 2.28 bits per heavy atom. The zero-order chi connectivity index (χ0) is 13.1. The topological polar surface area (TPSA) is 77.7 Å². The number of thiazole rings is 1. The van der Waals surface area contributed by atoms with Gasteiger partial charge in [0.25, 0.3) is 5.91 Å². The highest BCUT2D eigenvalue weighted by Gasteiger charge is 2.23. The maximum atomic E-state index is 12.0. The molecule has 0 aliphatic carbocycles. The summed E-state index contributed by atoms with van der Waals surface area (Å²) in [5.41, 5.74) is 0. The van der Waals surface area contributed by atoms with Gasteiger partial charge in [-0.25, -0.2) is 5.06 Å². The highest BCUT2D eigenvalue weighted by Crippen LogP contribution is 2.32. The molecule has 0 N–H and O–H groups in total. The number of nitrogens with zero attached hydrogens (tertiary/aromatic N) is 3. The van der Waals surface area contributed by atoms with E-state index < -0.39 is 0 Å². The molecule has 0 saturated carbocycles. The number of aromatic nitrogens is 2. The van der Waals surface area contributed by atoms with Crippen molar-refractivity contribution in [1.29, 1.82) is 0 Å². The highest BCUT2D eigenvalue weighted by atomic mass is 32.1. The summed E-state index contributed by atoms with van der Waals surface area (Å²) in [6.07, 6.45) is 1.51. The maximum Gasteiger partial charge on any atom is 0.292 e. The zero-order valence-corrected chi connectivity index (χ0v) is 10.9. The molecule has 1 amide bonds. The third-order valence-electron chi connectivity index (χ3n) is 2.19. The quantitative estimate of drug-likeness (QED) is 0.781. The molecule has 0 bridgehead atoms. The van der Waals surface area contributed by atoms with Gasteiger partial charge in [0.2, 0.25) is 5.88 Å². The summed E-state index contributed by atoms with van der Waals surface area (Å²) < 4.78 is 10.1. The number of hydrogen-bond acceptors (Lipinski definition) is 7. The Hall–Kier alpha value is -1.93. The lowest BCUT2D eigenvalue weighted by Crippen LogP contribution is -2.24. The minimum absolute atomic E-state index is 0.236. The Labute approximate surface area is 107 Å². The fourth-order valence-corrected chi connectivity index (χ4v) is 2.20. The van der Waals surface area contributed by atoms with Crippen LogP contribution in [0.2, 0.25) is 0 Å². The first kappa shape index (κ1) is 12.5. The van der Waals surface area contributed by atoms with Gasteiger partial charge in [-0.3, -0.25) is 9.63 Å². The van der Waals surface area contributed by atoms with E-state index in [0.717, 1.165) is 16.4 Å². The number of hydrogen-bond donors (Lipinski definition) is 0. The van der Waals surface area contributed by atoms with E-state index in [4.69, 9.17) is 14.1 Å². The van der Waals surface area contributed by atoms with Crippen molar-refractivity contribution in [2.75, 3.05) is 21.3 Å². The van der Waals surface area contributed by atoms with E-state index in [9.17, 15) is 4.79 Å². The van der Waals surface area contributed by atoms with Crippen LogP contribution >= 0.6 is 11.3 Å². The summed E-state index contributed by atoms with van der Waals surface area (Å²) in [5.74, 6) is 0.385. The van der Waals surface area contributed by atoms with Gasteiger partial charge in [-0.2, -0.15) is 4.98 Å². The summed E-state index contributed by atoms with van der Waals surface area (Å²) in [7, 11) is 4.36. The van der Waals surface area contributed by atoms with E-state index in [2.05, 4.69) is 10.1 Å². The Kier molecular flexibility index (Phi) is 3.58. The van der Waals surface area contributed by atoms with Crippen molar-refractivity contribution in [2.45, 2.75) is 0 Å². The molecule has 2 heterocycles. The van der Waals surface area contributed by atoms with Gasteiger partial charge in [0.15, 0.2) is 15.6 Å².